The minimum atomic E-state index is -0.237. The van der Waals surface area contributed by atoms with Crippen molar-refractivity contribution in [3.05, 3.63) is 58.9 Å². The van der Waals surface area contributed by atoms with Crippen LogP contribution < -0.4 is 15.2 Å². The van der Waals surface area contributed by atoms with Gasteiger partial charge in [-0.2, -0.15) is 0 Å². The summed E-state index contributed by atoms with van der Waals surface area (Å²) in [6.07, 6.45) is 0.788. The number of hydrogen-bond donors (Lipinski definition) is 1. The highest BCUT2D eigenvalue weighted by Gasteiger charge is 2.07. The summed E-state index contributed by atoms with van der Waals surface area (Å²) in [7, 11) is 1.61. The van der Waals surface area contributed by atoms with E-state index in [9.17, 15) is 4.39 Å². The maximum absolute atomic E-state index is 13.1. The number of benzene rings is 2. The number of ether oxygens (including phenoxy) is 2. The van der Waals surface area contributed by atoms with Gasteiger partial charge in [0.25, 0.3) is 0 Å². The van der Waals surface area contributed by atoms with E-state index in [1.165, 1.54) is 12.1 Å². The van der Waals surface area contributed by atoms with E-state index < -0.39 is 0 Å². The fourth-order valence-electron chi connectivity index (χ4n) is 2.13. The Morgan fingerprint density at radius 2 is 1.90 bits per heavy atom. The molecule has 0 atom stereocenters. The zero-order valence-electron chi connectivity index (χ0n) is 12.4. The van der Waals surface area contributed by atoms with Crippen molar-refractivity contribution in [1.82, 2.24) is 0 Å². The smallest absolute Gasteiger partial charge is 0.161 e. The first kappa shape index (κ1) is 15.3. The highest BCUT2D eigenvalue weighted by atomic mass is 19.1. The largest absolute Gasteiger partial charge is 0.493 e. The molecule has 0 aromatic heterocycles. The van der Waals surface area contributed by atoms with Crippen molar-refractivity contribution >= 4 is 0 Å². The first-order valence-corrected chi connectivity index (χ1v) is 6.89. The molecule has 3 nitrogen and oxygen atoms in total. The molecule has 2 aromatic carbocycles. The van der Waals surface area contributed by atoms with Crippen molar-refractivity contribution in [2.24, 2.45) is 5.73 Å². The van der Waals surface area contributed by atoms with Gasteiger partial charge in [0.1, 0.15) is 12.4 Å². The van der Waals surface area contributed by atoms with Crippen LogP contribution in [-0.4, -0.2) is 13.7 Å². The van der Waals surface area contributed by atoms with E-state index in [-0.39, 0.29) is 5.82 Å². The minimum absolute atomic E-state index is 0.237. The molecular formula is C17H20FNO2. The van der Waals surface area contributed by atoms with Gasteiger partial charge in [0, 0.05) is 0 Å². The summed E-state index contributed by atoms with van der Waals surface area (Å²) in [4.78, 5) is 0. The van der Waals surface area contributed by atoms with Gasteiger partial charge < -0.3 is 15.2 Å². The minimum Gasteiger partial charge on any atom is -0.493 e. The monoisotopic (exact) mass is 289 g/mol. The first-order chi connectivity index (χ1) is 10.1. The van der Waals surface area contributed by atoms with Crippen LogP contribution in [0.1, 0.15) is 16.7 Å². The van der Waals surface area contributed by atoms with E-state index >= 15 is 0 Å². The summed E-state index contributed by atoms with van der Waals surface area (Å²) < 4.78 is 24.2. The van der Waals surface area contributed by atoms with Crippen molar-refractivity contribution in [3.8, 4) is 11.5 Å². The van der Waals surface area contributed by atoms with E-state index in [2.05, 4.69) is 0 Å². The van der Waals surface area contributed by atoms with Gasteiger partial charge in [0.2, 0.25) is 0 Å². The third-order valence-corrected chi connectivity index (χ3v) is 3.35. The molecule has 0 spiro atoms. The molecule has 0 bridgehead atoms. The number of aryl methyl sites for hydroxylation is 1. The van der Waals surface area contributed by atoms with Gasteiger partial charge in [-0.05, 0) is 60.8 Å². The van der Waals surface area contributed by atoms with Crippen LogP contribution >= 0.6 is 0 Å². The molecule has 112 valence electrons. The van der Waals surface area contributed by atoms with Gasteiger partial charge in [0.05, 0.1) is 7.11 Å². The van der Waals surface area contributed by atoms with E-state index in [1.807, 2.05) is 25.1 Å². The lowest BCUT2D eigenvalue weighted by Gasteiger charge is -2.13. The summed E-state index contributed by atoms with van der Waals surface area (Å²) in [5.74, 6) is 1.11. The van der Waals surface area contributed by atoms with Crippen LogP contribution in [0.25, 0.3) is 0 Å². The lowest BCUT2D eigenvalue weighted by molar-refractivity contribution is 0.283. The van der Waals surface area contributed by atoms with Gasteiger partial charge in [-0.15, -0.1) is 0 Å². The number of hydrogen-bond acceptors (Lipinski definition) is 3. The molecule has 0 aliphatic carbocycles. The van der Waals surface area contributed by atoms with E-state index in [1.54, 1.807) is 13.2 Å². The molecule has 21 heavy (non-hydrogen) atoms. The quantitative estimate of drug-likeness (QED) is 0.888. The molecule has 2 aromatic rings. The Morgan fingerprint density at radius 1 is 1.10 bits per heavy atom. The van der Waals surface area contributed by atoms with Crippen molar-refractivity contribution in [2.75, 3.05) is 13.7 Å². The Morgan fingerprint density at radius 3 is 2.57 bits per heavy atom. The van der Waals surface area contributed by atoms with Crippen molar-refractivity contribution in [1.29, 1.82) is 0 Å². The maximum Gasteiger partial charge on any atom is 0.161 e. The third-order valence-electron chi connectivity index (χ3n) is 3.35. The van der Waals surface area contributed by atoms with Crippen LogP contribution in [0.15, 0.2) is 36.4 Å². The second kappa shape index (κ2) is 7.09. The molecule has 0 aliphatic heterocycles. The number of rotatable bonds is 6. The molecule has 2 N–H and O–H groups in total. The molecule has 4 heteroatoms. The molecule has 0 radical (unpaired) electrons. The number of halogens is 1. The molecule has 0 aliphatic rings. The van der Waals surface area contributed by atoms with Gasteiger partial charge in [-0.25, -0.2) is 4.39 Å². The Balaban J connectivity index is 2.16. The third kappa shape index (κ3) is 3.95. The summed E-state index contributed by atoms with van der Waals surface area (Å²) in [6, 6.07) is 10.5. The van der Waals surface area contributed by atoms with Crippen LogP contribution in [0.2, 0.25) is 0 Å². The van der Waals surface area contributed by atoms with Crippen LogP contribution in [0.5, 0.6) is 11.5 Å². The average molecular weight is 289 g/mol. The summed E-state index contributed by atoms with van der Waals surface area (Å²) in [6.45, 7) is 2.82. The molecule has 2 rings (SSSR count). The summed E-state index contributed by atoms with van der Waals surface area (Å²) >= 11 is 0. The second-order valence-electron chi connectivity index (χ2n) is 4.88. The SMILES string of the molecule is COc1ccc(CCN)cc1OCc1ccc(F)cc1C. The first-order valence-electron chi connectivity index (χ1n) is 6.89. The van der Waals surface area contributed by atoms with E-state index in [0.717, 1.165) is 23.1 Å². The van der Waals surface area contributed by atoms with Gasteiger partial charge in [0.15, 0.2) is 11.5 Å². The molecular weight excluding hydrogens is 269 g/mol. The van der Waals surface area contributed by atoms with Crippen molar-refractivity contribution < 1.29 is 13.9 Å². The number of nitrogens with two attached hydrogens (primary N) is 1. The Labute approximate surface area is 124 Å². The lowest BCUT2D eigenvalue weighted by atomic mass is 10.1. The molecule has 0 amide bonds. The molecule has 0 heterocycles. The predicted octanol–water partition coefficient (Wildman–Crippen LogP) is 3.22. The lowest BCUT2D eigenvalue weighted by Crippen LogP contribution is -2.04. The second-order valence-corrected chi connectivity index (χ2v) is 4.88. The Hall–Kier alpha value is -2.07. The highest BCUT2D eigenvalue weighted by Crippen LogP contribution is 2.29. The highest BCUT2D eigenvalue weighted by molar-refractivity contribution is 5.43. The molecule has 0 fully saturated rings. The van der Waals surface area contributed by atoms with E-state index in [0.29, 0.717) is 24.7 Å². The summed E-state index contributed by atoms with van der Waals surface area (Å²) in [5, 5.41) is 0. The van der Waals surface area contributed by atoms with Crippen LogP contribution in [0, 0.1) is 12.7 Å². The zero-order valence-corrected chi connectivity index (χ0v) is 12.4. The predicted molar refractivity (Wildman–Crippen MR) is 81.2 cm³/mol. The van der Waals surface area contributed by atoms with Gasteiger partial charge in [-0.3, -0.25) is 0 Å². The normalized spacial score (nSPS) is 10.5. The molecule has 0 saturated heterocycles. The Kier molecular flexibility index (Phi) is 5.17. The fraction of sp³-hybridized carbons (Fsp3) is 0.294. The van der Waals surface area contributed by atoms with Crippen LogP contribution in [-0.2, 0) is 13.0 Å². The van der Waals surface area contributed by atoms with E-state index in [4.69, 9.17) is 15.2 Å². The van der Waals surface area contributed by atoms with Gasteiger partial charge >= 0.3 is 0 Å². The van der Waals surface area contributed by atoms with Gasteiger partial charge in [-0.1, -0.05) is 12.1 Å². The molecule has 0 saturated carbocycles. The fourth-order valence-corrected chi connectivity index (χ4v) is 2.13. The van der Waals surface area contributed by atoms with Crippen molar-refractivity contribution in [2.45, 2.75) is 20.0 Å². The van der Waals surface area contributed by atoms with Crippen LogP contribution in [0.3, 0.4) is 0 Å². The average Bonchev–Trinajstić information content (AvgIpc) is 2.47. The van der Waals surface area contributed by atoms with Crippen LogP contribution in [0.4, 0.5) is 4.39 Å². The topological polar surface area (TPSA) is 44.5 Å². The van der Waals surface area contributed by atoms with Crippen molar-refractivity contribution in [3.63, 3.8) is 0 Å². The zero-order chi connectivity index (χ0) is 15.2. The number of methoxy groups -OCH3 is 1. The summed E-state index contributed by atoms with van der Waals surface area (Å²) in [5.41, 5.74) is 8.49. The molecule has 0 unspecified atom stereocenters. The Bertz CT molecular complexity index is 614. The standard InChI is InChI=1S/C17H20FNO2/c1-12-9-15(18)5-4-14(12)11-21-17-10-13(7-8-19)3-6-16(17)20-2/h3-6,9-10H,7-8,11,19H2,1-2H3. The maximum atomic E-state index is 13.1.